The lowest BCUT2D eigenvalue weighted by atomic mass is 9.95. The van der Waals surface area contributed by atoms with Crippen LogP contribution in [0.3, 0.4) is 0 Å². The second-order valence-electron chi connectivity index (χ2n) is 6.73. The molecule has 0 aromatic heterocycles. The van der Waals surface area contributed by atoms with Crippen LogP contribution in [0.25, 0.3) is 0 Å². The molecule has 0 radical (unpaired) electrons. The molecule has 1 aliphatic carbocycles. The lowest BCUT2D eigenvalue weighted by Gasteiger charge is -2.24. The molecule has 2 aliphatic rings. The summed E-state index contributed by atoms with van der Waals surface area (Å²) in [6, 6.07) is 8.30. The molecule has 1 atom stereocenters. The number of hydrogen-bond donors (Lipinski definition) is 1. The predicted octanol–water partition coefficient (Wildman–Crippen LogP) is 3.05. The minimum atomic E-state index is -0.214. The van der Waals surface area contributed by atoms with Gasteiger partial charge in [0.05, 0.1) is 5.92 Å². The summed E-state index contributed by atoms with van der Waals surface area (Å²) in [6.07, 6.45) is 7.05. The number of nitrogens with one attached hydrogen (secondary N) is 1. The Labute approximate surface area is 138 Å². The van der Waals surface area contributed by atoms with Crippen LogP contribution in [0.5, 0.6) is 0 Å². The Morgan fingerprint density at radius 1 is 1.22 bits per heavy atom. The summed E-state index contributed by atoms with van der Waals surface area (Å²) in [5.41, 5.74) is 2.13. The summed E-state index contributed by atoms with van der Waals surface area (Å²) in [5, 5.41) is 3.16. The SMILES string of the molecule is CCc1ccccc1N1CC(C(=O)NC2CCCCC2)CC1=O. The van der Waals surface area contributed by atoms with Gasteiger partial charge in [-0.3, -0.25) is 9.59 Å². The van der Waals surface area contributed by atoms with Gasteiger partial charge in [-0.2, -0.15) is 0 Å². The minimum absolute atomic E-state index is 0.0572. The van der Waals surface area contributed by atoms with Gasteiger partial charge in [-0.15, -0.1) is 0 Å². The minimum Gasteiger partial charge on any atom is -0.353 e. The van der Waals surface area contributed by atoms with Crippen LogP contribution in [0, 0.1) is 5.92 Å². The quantitative estimate of drug-likeness (QED) is 0.928. The van der Waals surface area contributed by atoms with E-state index in [1.165, 1.54) is 19.3 Å². The van der Waals surface area contributed by atoms with Crippen LogP contribution in [-0.4, -0.2) is 24.4 Å². The standard InChI is InChI=1S/C19H26N2O2/c1-2-14-8-6-7-11-17(14)21-13-15(12-18(21)22)19(23)20-16-9-4-3-5-10-16/h6-8,11,15-16H,2-5,9-10,12-13H2,1H3,(H,20,23). The molecule has 1 heterocycles. The van der Waals surface area contributed by atoms with Gasteiger partial charge in [0.1, 0.15) is 0 Å². The molecule has 1 saturated carbocycles. The third-order valence-electron chi connectivity index (χ3n) is 5.11. The fourth-order valence-electron chi connectivity index (χ4n) is 3.76. The summed E-state index contributed by atoms with van der Waals surface area (Å²) < 4.78 is 0. The van der Waals surface area contributed by atoms with E-state index in [0.29, 0.717) is 19.0 Å². The second-order valence-corrected chi connectivity index (χ2v) is 6.73. The van der Waals surface area contributed by atoms with Crippen LogP contribution in [0.2, 0.25) is 0 Å². The molecule has 4 heteroatoms. The first-order chi connectivity index (χ1) is 11.2. The van der Waals surface area contributed by atoms with Crippen molar-refractivity contribution in [2.45, 2.75) is 57.9 Å². The fourth-order valence-corrected chi connectivity index (χ4v) is 3.76. The molecule has 0 bridgehead atoms. The number of para-hydroxylation sites is 1. The Bertz CT molecular complexity index is 578. The van der Waals surface area contributed by atoms with Crippen molar-refractivity contribution in [2.24, 2.45) is 5.92 Å². The molecule has 23 heavy (non-hydrogen) atoms. The number of aryl methyl sites for hydroxylation is 1. The maximum atomic E-state index is 12.5. The van der Waals surface area contributed by atoms with Crippen molar-refractivity contribution < 1.29 is 9.59 Å². The van der Waals surface area contributed by atoms with Crippen molar-refractivity contribution in [3.05, 3.63) is 29.8 Å². The third-order valence-corrected chi connectivity index (χ3v) is 5.11. The molecule has 4 nitrogen and oxygen atoms in total. The van der Waals surface area contributed by atoms with E-state index >= 15 is 0 Å². The van der Waals surface area contributed by atoms with Crippen molar-refractivity contribution in [3.63, 3.8) is 0 Å². The smallest absolute Gasteiger partial charge is 0.227 e. The van der Waals surface area contributed by atoms with Crippen molar-refractivity contribution >= 4 is 17.5 Å². The summed E-state index contributed by atoms with van der Waals surface area (Å²) in [6.45, 7) is 2.60. The first kappa shape index (κ1) is 16.0. The van der Waals surface area contributed by atoms with E-state index in [2.05, 4.69) is 18.3 Å². The molecule has 1 aromatic carbocycles. The zero-order valence-electron chi connectivity index (χ0n) is 13.9. The van der Waals surface area contributed by atoms with E-state index in [1.54, 1.807) is 4.90 Å². The van der Waals surface area contributed by atoms with E-state index in [4.69, 9.17) is 0 Å². The number of anilines is 1. The highest BCUT2D eigenvalue weighted by molar-refractivity contribution is 6.00. The largest absolute Gasteiger partial charge is 0.353 e. The van der Waals surface area contributed by atoms with Crippen molar-refractivity contribution in [2.75, 3.05) is 11.4 Å². The van der Waals surface area contributed by atoms with Gasteiger partial charge in [-0.25, -0.2) is 0 Å². The Hall–Kier alpha value is -1.84. The third kappa shape index (κ3) is 3.57. The van der Waals surface area contributed by atoms with Crippen LogP contribution in [0.1, 0.15) is 51.0 Å². The van der Waals surface area contributed by atoms with Gasteiger partial charge in [0.2, 0.25) is 11.8 Å². The molecule has 0 spiro atoms. The van der Waals surface area contributed by atoms with Crippen LogP contribution in [0.15, 0.2) is 24.3 Å². The molecular weight excluding hydrogens is 288 g/mol. The number of rotatable bonds is 4. The van der Waals surface area contributed by atoms with E-state index in [1.807, 2.05) is 18.2 Å². The maximum Gasteiger partial charge on any atom is 0.227 e. The first-order valence-electron chi connectivity index (χ1n) is 8.87. The maximum absolute atomic E-state index is 12.5. The lowest BCUT2D eigenvalue weighted by molar-refractivity contribution is -0.127. The molecule has 3 rings (SSSR count). The normalized spacial score (nSPS) is 22.4. The molecule has 2 fully saturated rings. The van der Waals surface area contributed by atoms with Crippen LogP contribution in [-0.2, 0) is 16.0 Å². The molecule has 1 aliphatic heterocycles. The Morgan fingerprint density at radius 2 is 1.96 bits per heavy atom. The number of amides is 2. The van der Waals surface area contributed by atoms with Gasteiger partial charge in [0.25, 0.3) is 0 Å². The summed E-state index contributed by atoms with van der Waals surface area (Å²) >= 11 is 0. The average molecular weight is 314 g/mol. The van der Waals surface area contributed by atoms with Gasteiger partial charge >= 0.3 is 0 Å². The van der Waals surface area contributed by atoms with Gasteiger partial charge in [0, 0.05) is 24.7 Å². The second kappa shape index (κ2) is 7.16. The van der Waals surface area contributed by atoms with Crippen molar-refractivity contribution in [1.29, 1.82) is 0 Å². The predicted molar refractivity (Wildman–Crippen MR) is 91.3 cm³/mol. The topological polar surface area (TPSA) is 49.4 Å². The van der Waals surface area contributed by atoms with E-state index in [9.17, 15) is 9.59 Å². The fraction of sp³-hybridized carbons (Fsp3) is 0.579. The van der Waals surface area contributed by atoms with Crippen LogP contribution < -0.4 is 10.2 Å². The van der Waals surface area contributed by atoms with Gasteiger partial charge in [-0.1, -0.05) is 44.4 Å². The lowest BCUT2D eigenvalue weighted by Crippen LogP contribution is -2.40. The highest BCUT2D eigenvalue weighted by Gasteiger charge is 2.36. The van der Waals surface area contributed by atoms with Crippen molar-refractivity contribution in [1.82, 2.24) is 5.32 Å². The summed E-state index contributed by atoms with van der Waals surface area (Å²) in [7, 11) is 0. The highest BCUT2D eigenvalue weighted by atomic mass is 16.2. The molecule has 1 unspecified atom stereocenters. The van der Waals surface area contributed by atoms with Gasteiger partial charge in [-0.05, 0) is 30.9 Å². The molecular formula is C19H26N2O2. The Balaban J connectivity index is 1.66. The Morgan fingerprint density at radius 3 is 2.70 bits per heavy atom. The first-order valence-corrected chi connectivity index (χ1v) is 8.87. The number of benzene rings is 1. The van der Waals surface area contributed by atoms with Crippen molar-refractivity contribution in [3.8, 4) is 0 Å². The molecule has 124 valence electrons. The zero-order valence-corrected chi connectivity index (χ0v) is 13.9. The monoisotopic (exact) mass is 314 g/mol. The number of carbonyl (C=O) groups excluding carboxylic acids is 2. The molecule has 1 saturated heterocycles. The Kier molecular flexibility index (Phi) is 4.99. The summed E-state index contributed by atoms with van der Waals surface area (Å²) in [5.74, 6) is -0.0919. The molecule has 1 N–H and O–H groups in total. The molecule has 2 amide bonds. The number of carbonyl (C=O) groups is 2. The highest BCUT2D eigenvalue weighted by Crippen LogP contribution is 2.29. The van der Waals surface area contributed by atoms with Crippen LogP contribution >= 0.6 is 0 Å². The summed E-state index contributed by atoms with van der Waals surface area (Å²) in [4.78, 5) is 26.7. The van der Waals surface area contributed by atoms with Gasteiger partial charge in [0.15, 0.2) is 0 Å². The number of nitrogens with zero attached hydrogens (tertiary/aromatic N) is 1. The average Bonchev–Trinajstić information content (AvgIpc) is 2.97. The van der Waals surface area contributed by atoms with E-state index < -0.39 is 0 Å². The van der Waals surface area contributed by atoms with E-state index in [0.717, 1.165) is 30.5 Å². The van der Waals surface area contributed by atoms with Gasteiger partial charge < -0.3 is 10.2 Å². The zero-order chi connectivity index (χ0) is 16.2. The molecule has 1 aromatic rings. The van der Waals surface area contributed by atoms with Crippen LogP contribution in [0.4, 0.5) is 5.69 Å². The van der Waals surface area contributed by atoms with E-state index in [-0.39, 0.29) is 17.7 Å². The number of hydrogen-bond acceptors (Lipinski definition) is 2.